The van der Waals surface area contributed by atoms with Crippen LogP contribution in [0.1, 0.15) is 0 Å². The van der Waals surface area contributed by atoms with Crippen LogP contribution >= 0.6 is 11.8 Å². The lowest BCUT2D eigenvalue weighted by molar-refractivity contribution is 0.461. The molecule has 0 spiro atoms. The van der Waals surface area contributed by atoms with Crippen molar-refractivity contribution in [2.75, 3.05) is 5.75 Å². The van der Waals surface area contributed by atoms with Crippen molar-refractivity contribution in [3.8, 4) is 22.8 Å². The molecule has 0 unspecified atom stereocenters. The van der Waals surface area contributed by atoms with Crippen molar-refractivity contribution >= 4 is 11.8 Å². The highest BCUT2D eigenvalue weighted by Gasteiger charge is 2.17. The fourth-order valence-corrected chi connectivity index (χ4v) is 2.71. The Morgan fingerprint density at radius 3 is 3.00 bits per heavy atom. The summed E-state index contributed by atoms with van der Waals surface area (Å²) in [4.78, 5) is 4.42. The monoisotopic (exact) mass is 234 g/mol. The highest BCUT2D eigenvalue weighted by molar-refractivity contribution is 7.99. The molecular weight excluding hydrogens is 224 g/mol. The number of phenolic OH excluding ortho intramolecular Hbond substituents is 2. The number of aromatic nitrogens is 2. The zero-order chi connectivity index (χ0) is 11.1. The molecule has 1 aromatic carbocycles. The summed E-state index contributed by atoms with van der Waals surface area (Å²) in [6.07, 6.45) is 1.91. The van der Waals surface area contributed by atoms with Gasteiger partial charge in [0.2, 0.25) is 0 Å². The van der Waals surface area contributed by atoms with Gasteiger partial charge in [-0.1, -0.05) is 11.8 Å². The third-order valence-corrected chi connectivity index (χ3v) is 3.53. The summed E-state index contributed by atoms with van der Waals surface area (Å²) in [5.74, 6) is 1.32. The SMILES string of the molecule is Oc1ccc(O)c(-c2cn3c(n2)SCC3)c1. The van der Waals surface area contributed by atoms with Gasteiger partial charge in [0.15, 0.2) is 5.16 Å². The first-order chi connectivity index (χ1) is 7.74. The van der Waals surface area contributed by atoms with Crippen LogP contribution in [0.2, 0.25) is 0 Å². The molecule has 0 saturated heterocycles. The average Bonchev–Trinajstić information content (AvgIpc) is 2.81. The van der Waals surface area contributed by atoms with Gasteiger partial charge in [0.25, 0.3) is 0 Å². The number of phenols is 2. The first kappa shape index (κ1) is 9.59. The van der Waals surface area contributed by atoms with Gasteiger partial charge in [-0.25, -0.2) is 4.98 Å². The summed E-state index contributed by atoms with van der Waals surface area (Å²) in [7, 11) is 0. The summed E-state index contributed by atoms with van der Waals surface area (Å²) in [6.45, 7) is 0.951. The van der Waals surface area contributed by atoms with Crippen LogP contribution in [0.3, 0.4) is 0 Å². The Kier molecular flexibility index (Phi) is 2.07. The van der Waals surface area contributed by atoms with Crippen LogP contribution in [0.5, 0.6) is 11.5 Å². The number of hydrogen-bond acceptors (Lipinski definition) is 4. The van der Waals surface area contributed by atoms with Crippen LogP contribution in [-0.2, 0) is 6.54 Å². The fourth-order valence-electron chi connectivity index (χ4n) is 1.77. The molecule has 0 saturated carbocycles. The number of rotatable bonds is 1. The maximum absolute atomic E-state index is 9.71. The largest absolute Gasteiger partial charge is 0.508 e. The number of imidazole rings is 1. The molecule has 16 heavy (non-hydrogen) atoms. The van der Waals surface area contributed by atoms with Gasteiger partial charge in [0, 0.05) is 24.1 Å². The van der Waals surface area contributed by atoms with Crippen LogP contribution in [0.15, 0.2) is 29.6 Å². The Morgan fingerprint density at radius 1 is 1.31 bits per heavy atom. The first-order valence-electron chi connectivity index (χ1n) is 4.96. The summed E-state index contributed by atoms with van der Waals surface area (Å²) in [6, 6.07) is 4.46. The Bertz CT molecular complexity index is 529. The average molecular weight is 234 g/mol. The lowest BCUT2D eigenvalue weighted by Gasteiger charge is -2.01. The molecule has 0 atom stereocenters. The lowest BCUT2D eigenvalue weighted by Crippen LogP contribution is -1.89. The van der Waals surface area contributed by atoms with Crippen LogP contribution in [0, 0.1) is 0 Å². The van der Waals surface area contributed by atoms with E-state index in [1.165, 1.54) is 18.2 Å². The Hall–Kier alpha value is -1.62. The molecule has 5 heteroatoms. The van der Waals surface area contributed by atoms with Crippen LogP contribution in [0.25, 0.3) is 11.3 Å². The second-order valence-electron chi connectivity index (χ2n) is 3.65. The smallest absolute Gasteiger partial charge is 0.168 e. The van der Waals surface area contributed by atoms with E-state index in [2.05, 4.69) is 9.55 Å². The van der Waals surface area contributed by atoms with E-state index < -0.39 is 0 Å². The van der Waals surface area contributed by atoms with E-state index in [9.17, 15) is 10.2 Å². The fraction of sp³-hybridized carbons (Fsp3) is 0.182. The predicted octanol–water partition coefficient (Wildman–Crippen LogP) is 2.07. The maximum Gasteiger partial charge on any atom is 0.168 e. The standard InChI is InChI=1S/C11H10N2O2S/c14-7-1-2-10(15)8(5-7)9-6-13-3-4-16-11(13)12-9/h1-2,5-6,14-15H,3-4H2. The molecule has 1 aliphatic rings. The molecule has 0 radical (unpaired) electrons. The summed E-state index contributed by atoms with van der Waals surface area (Å²) < 4.78 is 2.06. The lowest BCUT2D eigenvalue weighted by atomic mass is 10.1. The van der Waals surface area contributed by atoms with Crippen molar-refractivity contribution in [2.45, 2.75) is 11.7 Å². The van der Waals surface area contributed by atoms with Gasteiger partial charge in [0.1, 0.15) is 11.5 Å². The Balaban J connectivity index is 2.11. The van der Waals surface area contributed by atoms with Crippen LogP contribution in [-0.4, -0.2) is 25.5 Å². The molecule has 0 bridgehead atoms. The van der Waals surface area contributed by atoms with Gasteiger partial charge < -0.3 is 14.8 Å². The molecule has 0 fully saturated rings. The molecule has 2 heterocycles. The quantitative estimate of drug-likeness (QED) is 0.742. The Labute approximate surface area is 96.6 Å². The zero-order valence-electron chi connectivity index (χ0n) is 8.42. The topological polar surface area (TPSA) is 58.3 Å². The predicted molar refractivity (Wildman–Crippen MR) is 61.7 cm³/mol. The van der Waals surface area contributed by atoms with Crippen molar-refractivity contribution in [1.29, 1.82) is 0 Å². The minimum absolute atomic E-state index is 0.133. The minimum atomic E-state index is 0.133. The molecule has 3 rings (SSSR count). The van der Waals surface area contributed by atoms with Crippen molar-refractivity contribution < 1.29 is 10.2 Å². The van der Waals surface area contributed by atoms with E-state index in [0.29, 0.717) is 11.3 Å². The number of benzene rings is 1. The number of nitrogens with zero attached hydrogens (tertiary/aromatic N) is 2. The second kappa shape index (κ2) is 3.45. The highest BCUT2D eigenvalue weighted by Crippen LogP contribution is 2.34. The molecule has 2 N–H and O–H groups in total. The van der Waals surface area contributed by atoms with E-state index >= 15 is 0 Å². The van der Waals surface area contributed by atoms with Gasteiger partial charge in [0.05, 0.1) is 5.69 Å². The van der Waals surface area contributed by atoms with Crippen molar-refractivity contribution in [3.05, 3.63) is 24.4 Å². The van der Waals surface area contributed by atoms with Crippen LogP contribution < -0.4 is 0 Å². The number of thioether (sulfide) groups is 1. The second-order valence-corrected chi connectivity index (χ2v) is 4.71. The molecule has 0 aliphatic carbocycles. The number of fused-ring (bicyclic) bond motifs is 1. The minimum Gasteiger partial charge on any atom is -0.508 e. The first-order valence-corrected chi connectivity index (χ1v) is 5.95. The van der Waals surface area contributed by atoms with Gasteiger partial charge in [-0.3, -0.25) is 0 Å². The van der Waals surface area contributed by atoms with E-state index in [4.69, 9.17) is 0 Å². The van der Waals surface area contributed by atoms with E-state index in [-0.39, 0.29) is 11.5 Å². The molecule has 82 valence electrons. The van der Waals surface area contributed by atoms with Crippen LogP contribution in [0.4, 0.5) is 0 Å². The molecule has 1 aromatic heterocycles. The van der Waals surface area contributed by atoms with Crippen molar-refractivity contribution in [3.63, 3.8) is 0 Å². The molecular formula is C11H10N2O2S. The van der Waals surface area contributed by atoms with E-state index in [1.807, 2.05) is 6.20 Å². The van der Waals surface area contributed by atoms with Gasteiger partial charge in [-0.2, -0.15) is 0 Å². The molecule has 1 aliphatic heterocycles. The zero-order valence-corrected chi connectivity index (χ0v) is 9.24. The van der Waals surface area contributed by atoms with Crippen molar-refractivity contribution in [1.82, 2.24) is 9.55 Å². The van der Waals surface area contributed by atoms with Gasteiger partial charge in [-0.15, -0.1) is 0 Å². The highest BCUT2D eigenvalue weighted by atomic mass is 32.2. The molecule has 2 aromatic rings. The van der Waals surface area contributed by atoms with E-state index in [0.717, 1.165) is 17.5 Å². The number of aryl methyl sites for hydroxylation is 1. The Morgan fingerprint density at radius 2 is 2.19 bits per heavy atom. The normalized spacial score (nSPS) is 14.0. The summed E-state index contributed by atoms with van der Waals surface area (Å²) >= 11 is 1.70. The molecule has 0 amide bonds. The van der Waals surface area contributed by atoms with Gasteiger partial charge >= 0.3 is 0 Å². The summed E-state index contributed by atoms with van der Waals surface area (Å²) in [5, 5.41) is 20.1. The maximum atomic E-state index is 9.71. The third-order valence-electron chi connectivity index (χ3n) is 2.56. The number of hydrogen-bond donors (Lipinski definition) is 2. The van der Waals surface area contributed by atoms with Gasteiger partial charge in [-0.05, 0) is 18.2 Å². The van der Waals surface area contributed by atoms with Crippen molar-refractivity contribution in [2.24, 2.45) is 0 Å². The van der Waals surface area contributed by atoms with E-state index in [1.54, 1.807) is 11.8 Å². The summed E-state index contributed by atoms with van der Waals surface area (Å²) in [5.41, 5.74) is 1.28. The third kappa shape index (κ3) is 1.44. The molecule has 4 nitrogen and oxygen atoms in total. The number of aromatic hydroxyl groups is 2.